The first-order valence-corrected chi connectivity index (χ1v) is 9.73. The minimum Gasteiger partial charge on any atom is -0.453 e. The van der Waals surface area contributed by atoms with E-state index < -0.39 is 8.07 Å². The van der Waals surface area contributed by atoms with Crippen molar-refractivity contribution in [2.45, 2.75) is 26.2 Å². The second kappa shape index (κ2) is 6.44. The zero-order valence-corrected chi connectivity index (χ0v) is 13.3. The molecule has 0 heterocycles. The van der Waals surface area contributed by atoms with Crippen LogP contribution >= 0.6 is 0 Å². The number of methoxy groups -OCH3 is 1. The van der Waals surface area contributed by atoms with E-state index in [2.05, 4.69) is 35.8 Å². The summed E-state index contributed by atoms with van der Waals surface area (Å²) in [7, 11) is 1.77. The van der Waals surface area contributed by atoms with Crippen molar-refractivity contribution in [3.8, 4) is 11.5 Å². The molecule has 0 aliphatic rings. The number of hydrogen-bond donors (Lipinski definition) is 0. The highest BCUT2D eigenvalue weighted by Gasteiger charge is 2.09. The summed E-state index contributed by atoms with van der Waals surface area (Å²) in [5, 5.41) is 0. The Kier molecular flexibility index (Phi) is 5.19. The van der Waals surface area contributed by atoms with Gasteiger partial charge < -0.3 is 9.64 Å². The second-order valence-electron chi connectivity index (χ2n) is 5.52. The van der Waals surface area contributed by atoms with Gasteiger partial charge in [0.25, 0.3) is 0 Å². The van der Waals surface area contributed by atoms with E-state index in [1.165, 1.54) is 12.0 Å². The van der Waals surface area contributed by atoms with Crippen molar-refractivity contribution in [2.75, 3.05) is 14.2 Å². The van der Waals surface area contributed by atoms with Crippen molar-refractivity contribution < 1.29 is 9.53 Å². The van der Waals surface area contributed by atoms with E-state index in [4.69, 9.17) is 0 Å². The maximum absolute atomic E-state index is 11.3. The number of benzene rings is 1. The summed E-state index contributed by atoms with van der Waals surface area (Å²) < 4.78 is 4.65. The lowest BCUT2D eigenvalue weighted by Crippen LogP contribution is -2.25. The molecule has 0 radical (unpaired) electrons. The van der Waals surface area contributed by atoms with E-state index >= 15 is 0 Å². The average molecular weight is 275 g/mol. The molecular weight excluding hydrogens is 254 g/mol. The van der Waals surface area contributed by atoms with Crippen LogP contribution in [-0.4, -0.2) is 33.2 Å². The lowest BCUT2D eigenvalue weighted by atomic mass is 10.1. The maximum Gasteiger partial charge on any atom is 0.409 e. The summed E-state index contributed by atoms with van der Waals surface area (Å²) in [6, 6.07) is 7.97. The lowest BCUT2D eigenvalue weighted by Gasteiger charge is -2.15. The van der Waals surface area contributed by atoms with Gasteiger partial charge in [0.1, 0.15) is 8.07 Å². The standard InChI is InChI=1S/C15H21NO2Si/c1-16(15(17)18-2)12-14-8-6-13(7-9-14)10-11-19(3,4)5/h6-9H,12H2,1-5H3. The van der Waals surface area contributed by atoms with E-state index in [1.54, 1.807) is 7.05 Å². The third-order valence-corrected chi connectivity index (χ3v) is 3.32. The molecule has 1 aromatic carbocycles. The van der Waals surface area contributed by atoms with E-state index in [9.17, 15) is 4.79 Å². The monoisotopic (exact) mass is 275 g/mol. The van der Waals surface area contributed by atoms with E-state index in [-0.39, 0.29) is 6.09 Å². The molecule has 0 aromatic heterocycles. The smallest absolute Gasteiger partial charge is 0.409 e. The van der Waals surface area contributed by atoms with Crippen LogP contribution in [0.25, 0.3) is 0 Å². The molecular formula is C15H21NO2Si. The molecule has 1 aromatic rings. The van der Waals surface area contributed by atoms with Crippen molar-refractivity contribution in [3.63, 3.8) is 0 Å². The first kappa shape index (κ1) is 15.3. The fraction of sp³-hybridized carbons (Fsp3) is 0.400. The minimum atomic E-state index is -1.33. The van der Waals surface area contributed by atoms with Crippen LogP contribution in [0.3, 0.4) is 0 Å². The molecule has 1 rings (SSSR count). The number of ether oxygens (including phenoxy) is 1. The average Bonchev–Trinajstić information content (AvgIpc) is 2.36. The molecule has 0 atom stereocenters. The third kappa shape index (κ3) is 5.62. The predicted molar refractivity (Wildman–Crippen MR) is 80.5 cm³/mol. The van der Waals surface area contributed by atoms with Gasteiger partial charge in [-0.2, -0.15) is 0 Å². The highest BCUT2D eigenvalue weighted by atomic mass is 28.3. The highest BCUT2D eigenvalue weighted by molar-refractivity contribution is 6.83. The normalized spacial score (nSPS) is 10.4. The summed E-state index contributed by atoms with van der Waals surface area (Å²) in [5.74, 6) is 3.21. The number of rotatable bonds is 2. The van der Waals surface area contributed by atoms with Crippen molar-refractivity contribution in [1.82, 2.24) is 4.90 Å². The molecule has 1 amide bonds. The summed E-state index contributed by atoms with van der Waals surface area (Å²) in [6.45, 7) is 7.20. The first-order valence-electron chi connectivity index (χ1n) is 6.23. The van der Waals surface area contributed by atoms with Gasteiger partial charge in [0, 0.05) is 19.2 Å². The second-order valence-corrected chi connectivity index (χ2v) is 10.3. The van der Waals surface area contributed by atoms with Crippen LogP contribution < -0.4 is 0 Å². The molecule has 0 fully saturated rings. The molecule has 0 unspecified atom stereocenters. The van der Waals surface area contributed by atoms with Crippen LogP contribution in [0.15, 0.2) is 24.3 Å². The molecule has 0 aliphatic heterocycles. The van der Waals surface area contributed by atoms with Gasteiger partial charge in [0.05, 0.1) is 7.11 Å². The van der Waals surface area contributed by atoms with Crippen molar-refractivity contribution >= 4 is 14.2 Å². The fourth-order valence-corrected chi connectivity index (χ4v) is 1.97. The molecule has 102 valence electrons. The van der Waals surface area contributed by atoms with Gasteiger partial charge in [0.2, 0.25) is 0 Å². The Hall–Kier alpha value is -1.73. The summed E-state index contributed by atoms with van der Waals surface area (Å²) >= 11 is 0. The van der Waals surface area contributed by atoms with Gasteiger partial charge in [-0.3, -0.25) is 0 Å². The molecule has 3 nitrogen and oxygen atoms in total. The van der Waals surface area contributed by atoms with Gasteiger partial charge >= 0.3 is 6.09 Å². The SMILES string of the molecule is COC(=O)N(C)Cc1ccc(C#C[Si](C)(C)C)cc1. The topological polar surface area (TPSA) is 29.5 Å². The quantitative estimate of drug-likeness (QED) is 0.613. The first-order chi connectivity index (χ1) is 8.81. The Bertz CT molecular complexity index is 492. The Morgan fingerprint density at radius 1 is 1.26 bits per heavy atom. The van der Waals surface area contributed by atoms with Crippen molar-refractivity contribution in [3.05, 3.63) is 35.4 Å². The third-order valence-electron chi connectivity index (χ3n) is 2.44. The number of nitrogens with zero attached hydrogens (tertiary/aromatic N) is 1. The molecule has 0 N–H and O–H groups in total. The molecule has 0 aliphatic carbocycles. The predicted octanol–water partition coefficient (Wildman–Crippen LogP) is 3.11. The largest absolute Gasteiger partial charge is 0.453 e. The molecule has 0 saturated heterocycles. The van der Waals surface area contributed by atoms with Gasteiger partial charge in [0.15, 0.2) is 0 Å². The van der Waals surface area contributed by atoms with Crippen LogP contribution in [0.2, 0.25) is 19.6 Å². The summed E-state index contributed by atoms with van der Waals surface area (Å²) in [5.41, 5.74) is 5.41. The van der Waals surface area contributed by atoms with Crippen molar-refractivity contribution in [1.29, 1.82) is 0 Å². The van der Waals surface area contributed by atoms with Crippen molar-refractivity contribution in [2.24, 2.45) is 0 Å². The van der Waals surface area contributed by atoms with Gasteiger partial charge in [-0.15, -0.1) is 5.54 Å². The van der Waals surface area contributed by atoms with Crippen LogP contribution in [0, 0.1) is 11.5 Å². The number of amides is 1. The Balaban J connectivity index is 2.71. The molecule has 4 heteroatoms. The molecule has 0 spiro atoms. The van der Waals surface area contributed by atoms with Crippen LogP contribution in [0.1, 0.15) is 11.1 Å². The van der Waals surface area contributed by atoms with E-state index in [0.29, 0.717) is 6.54 Å². The Morgan fingerprint density at radius 3 is 2.32 bits per heavy atom. The Morgan fingerprint density at radius 2 is 1.84 bits per heavy atom. The van der Waals surface area contributed by atoms with Crippen LogP contribution in [0.5, 0.6) is 0 Å². The molecule has 0 bridgehead atoms. The molecule has 0 saturated carbocycles. The zero-order chi connectivity index (χ0) is 14.5. The fourth-order valence-electron chi connectivity index (χ4n) is 1.45. The zero-order valence-electron chi connectivity index (χ0n) is 12.3. The summed E-state index contributed by atoms with van der Waals surface area (Å²) in [6.07, 6.45) is -0.331. The lowest BCUT2D eigenvalue weighted by molar-refractivity contribution is 0.131. The van der Waals surface area contributed by atoms with Gasteiger partial charge in [-0.05, 0) is 17.7 Å². The maximum atomic E-state index is 11.3. The summed E-state index contributed by atoms with van der Waals surface area (Å²) in [4.78, 5) is 12.8. The van der Waals surface area contributed by atoms with Crippen LogP contribution in [-0.2, 0) is 11.3 Å². The highest BCUT2D eigenvalue weighted by Crippen LogP contribution is 2.07. The number of hydrogen-bond acceptors (Lipinski definition) is 2. The Labute approximate surface area is 116 Å². The van der Waals surface area contributed by atoms with Gasteiger partial charge in [-0.1, -0.05) is 37.7 Å². The molecule has 19 heavy (non-hydrogen) atoms. The van der Waals surface area contributed by atoms with E-state index in [1.807, 2.05) is 24.3 Å². The van der Waals surface area contributed by atoms with E-state index in [0.717, 1.165) is 11.1 Å². The minimum absolute atomic E-state index is 0.331. The number of carbonyl (C=O) groups excluding carboxylic acids is 1. The number of carbonyl (C=O) groups is 1. The van der Waals surface area contributed by atoms with Gasteiger partial charge in [-0.25, -0.2) is 4.79 Å². The van der Waals surface area contributed by atoms with Crippen LogP contribution in [0.4, 0.5) is 4.79 Å².